The van der Waals surface area contributed by atoms with Gasteiger partial charge in [-0.1, -0.05) is 50.6 Å². The molecule has 5 aromatic heterocycles. The Hall–Kier alpha value is -16.0. The van der Waals surface area contributed by atoms with E-state index in [0.717, 1.165) is 66.4 Å². The molecule has 37 heteroatoms. The van der Waals surface area contributed by atoms with E-state index in [1.807, 2.05) is 36.4 Å². The zero-order chi connectivity index (χ0) is 91.7. The van der Waals surface area contributed by atoms with Gasteiger partial charge < -0.3 is 96.9 Å². The summed E-state index contributed by atoms with van der Waals surface area (Å²) in [4.78, 5) is 84.4. The van der Waals surface area contributed by atoms with Gasteiger partial charge in [0.05, 0.1) is 67.6 Å². The van der Waals surface area contributed by atoms with Gasteiger partial charge in [-0.25, -0.2) is 46.9 Å². The van der Waals surface area contributed by atoms with Crippen molar-refractivity contribution in [1.29, 1.82) is 0 Å². The molecule has 0 unspecified atom stereocenters. The van der Waals surface area contributed by atoms with Crippen molar-refractivity contribution in [1.82, 2.24) is 44.9 Å². The number of aliphatic hydroxyl groups excluding tert-OH is 1. The van der Waals surface area contributed by atoms with Crippen molar-refractivity contribution < 1.29 is 78.8 Å². The first-order valence-electron chi connectivity index (χ1n) is 39.2. The zero-order valence-corrected chi connectivity index (χ0v) is 67.5. The second-order valence-electron chi connectivity index (χ2n) is 26.6. The topological polar surface area (TPSA) is 395 Å². The van der Waals surface area contributed by atoms with Crippen LogP contribution >= 0.6 is 0 Å². The number of rotatable bonds is 35. The van der Waals surface area contributed by atoms with Gasteiger partial charge in [0.25, 0.3) is 0 Å². The lowest BCUT2D eigenvalue weighted by atomic mass is 10.1. The van der Waals surface area contributed by atoms with Crippen molar-refractivity contribution in [3.63, 3.8) is 0 Å². The zero-order valence-electron chi connectivity index (χ0n) is 70.5. The minimum atomic E-state index is -2.60. The van der Waals surface area contributed by atoms with Gasteiger partial charge in [0.15, 0.2) is 58.1 Å². The number of halogens is 5. The number of hydrogen-bond donors (Lipinski definition) is 12. The molecule has 32 nitrogen and oxygen atoms in total. The van der Waals surface area contributed by atoms with Crippen LogP contribution in [0.3, 0.4) is 0 Å². The number of fused-ring (bicyclic) bond motifs is 1. The minimum absolute atomic E-state index is 0.0200. The number of ether oxygens (including phenoxy) is 6. The molecular formula is C88H86F5N21O11. The second kappa shape index (κ2) is 45.4. The van der Waals surface area contributed by atoms with Crippen molar-refractivity contribution in [3.8, 4) is 23.1 Å². The van der Waals surface area contributed by atoms with Gasteiger partial charge in [-0.3, -0.25) is 19.2 Å². The number of methoxy groups -OCH3 is 3. The normalized spacial score (nSPS) is 11.4. The summed E-state index contributed by atoms with van der Waals surface area (Å²) in [5, 5.41) is 40.4. The highest BCUT2D eigenvalue weighted by molar-refractivity contribution is 6.03. The van der Waals surface area contributed by atoms with Crippen LogP contribution < -0.4 is 82.3 Å². The summed E-state index contributed by atoms with van der Waals surface area (Å²) in [5.74, 6) is -2.79. The first kappa shape index (κ1) is 86.8. The summed E-state index contributed by atoms with van der Waals surface area (Å²) in [7, 11) is 0.537. The predicted octanol–water partition coefficient (Wildman–Crippen LogP) is 16.6. The third-order valence-corrected chi connectivity index (χ3v) is 16.8. The van der Waals surface area contributed by atoms with Gasteiger partial charge in [0.2, 0.25) is 53.3 Å². The van der Waals surface area contributed by atoms with Crippen molar-refractivity contribution in [2.24, 2.45) is 0 Å². The van der Waals surface area contributed by atoms with E-state index in [1.54, 1.807) is 135 Å². The average molecular weight is 1710 g/mol. The SMILES string of the molecule is C=CC(=O)N1CCc2ccc(Nc3nc(Nc4ccc(OCCOC)cc4)ncc3F)cc21.C=CC(=O)Nc1cccc(Nc2nc(Nc3ccc(OC(C)(C)CO)cc3)ncc2F)c1.C=CC(=O)Nc1cccc(Nc2nc(Nc3ccc(OCCOC)c(F)c3)ncc2F)c1.[2H]C([2H])([2H])Oc1ccc(Nc2ncc(F)c(Nc3cccc(NC(=O)C=C)c3)n2)cn1. The summed E-state index contributed by atoms with van der Waals surface area (Å²) in [5.41, 5.74) is 6.96. The standard InChI is InChI=1S/C24H24FN5O3.C23H24FN5O3.C22H21F2N5O3.C19H17FN6O2/c1-3-22(31)30-11-10-16-4-5-18(14-21(16)30)27-23-20(25)15-26-24(29-23)28-17-6-8-19(9-7-17)33-13-12-32-2;1-4-20(31)26-16-6-5-7-17(12-16)27-21-19(24)13-25-22(29-21)28-15-8-10-18(11-9-15)32-23(2,3)14-30;1-3-20(30)26-14-5-4-6-15(11-14)27-21-18(24)13-25-22(29-21)28-16-7-8-19(17(23)12-16)32-10-9-31-2;1-3-16(27)23-12-5-4-6-13(9-12)24-18-15(20)11-22-19(26-18)25-14-7-8-17(28-2)21-10-14/h3-9,14-15H,1,10-13H2,2H3,(H2,26,27,28,29);4-13,30H,1,14H2,2-3H3,(H,26,31)(H2,25,27,28,29);3-8,11-13H,1,9-10H2,2H3,(H,26,30)(H2,25,27,28,29);3-11H,1H2,2H3,(H,23,27)(H2,22,24,25,26)/i;;;2D3. The fourth-order valence-electron chi connectivity index (χ4n) is 10.8. The lowest BCUT2D eigenvalue weighted by Gasteiger charge is -2.23. The van der Waals surface area contributed by atoms with E-state index in [1.165, 1.54) is 43.6 Å². The quantitative estimate of drug-likeness (QED) is 0.00997. The molecule has 1 aliphatic heterocycles. The Bertz CT molecular complexity index is 5880. The van der Waals surface area contributed by atoms with Crippen molar-refractivity contribution in [2.75, 3.05) is 124 Å². The molecule has 0 fully saturated rings. The van der Waals surface area contributed by atoms with Gasteiger partial charge in [-0.15, -0.1) is 0 Å². The maximum Gasteiger partial charge on any atom is 0.250 e. The summed E-state index contributed by atoms with van der Waals surface area (Å²) in [6, 6.07) is 46.9. The van der Waals surface area contributed by atoms with E-state index in [0.29, 0.717) is 94.7 Å². The second-order valence-corrected chi connectivity index (χ2v) is 26.6. The number of carbonyl (C=O) groups is 4. The third kappa shape index (κ3) is 28.3. The highest BCUT2D eigenvalue weighted by atomic mass is 19.1. The molecule has 7 aromatic carbocycles. The maximum absolute atomic E-state index is 14.4. The van der Waals surface area contributed by atoms with Crippen LogP contribution in [0.1, 0.15) is 23.5 Å². The monoisotopic (exact) mass is 1710 g/mol. The molecule has 6 heterocycles. The smallest absolute Gasteiger partial charge is 0.250 e. The molecule has 0 aliphatic carbocycles. The molecule has 0 saturated carbocycles. The molecule has 0 spiro atoms. The largest absolute Gasteiger partial charge is 0.491 e. The highest BCUT2D eigenvalue weighted by Gasteiger charge is 2.25. The Kier molecular flexibility index (Phi) is 31.5. The Balaban J connectivity index is 0.000000178. The number of nitrogens with zero attached hydrogens (tertiary/aromatic N) is 10. The molecule has 12 N–H and O–H groups in total. The number of nitrogens with one attached hydrogen (secondary N) is 11. The molecule has 1 aliphatic rings. The Morgan fingerprint density at radius 1 is 0.440 bits per heavy atom. The van der Waals surface area contributed by atoms with Gasteiger partial charge in [-0.05, 0) is 184 Å². The molecule has 644 valence electrons. The first-order valence-corrected chi connectivity index (χ1v) is 37.7. The first-order chi connectivity index (χ1) is 61.5. The number of anilines is 20. The van der Waals surface area contributed by atoms with E-state index in [-0.39, 0.29) is 95.5 Å². The average Bonchev–Trinajstić information content (AvgIpc) is 1.67. The summed E-state index contributed by atoms with van der Waals surface area (Å²) in [6.45, 7) is 19.3. The van der Waals surface area contributed by atoms with E-state index in [9.17, 15) is 46.2 Å². The minimum Gasteiger partial charge on any atom is -0.491 e. The fraction of sp³-hybridized carbons (Fsp3) is 0.148. The molecule has 13 rings (SSSR count). The van der Waals surface area contributed by atoms with Crippen molar-refractivity contribution in [3.05, 3.63) is 286 Å². The number of aromatic nitrogens is 9. The summed E-state index contributed by atoms with van der Waals surface area (Å²) in [6.07, 6.45) is 10.9. The van der Waals surface area contributed by atoms with E-state index >= 15 is 0 Å². The van der Waals surface area contributed by atoms with Gasteiger partial charge in [0, 0.05) is 95.5 Å². The number of aliphatic hydroxyl groups is 1. The molecule has 0 radical (unpaired) electrons. The van der Waals surface area contributed by atoms with Crippen LogP contribution in [0, 0.1) is 29.1 Å². The van der Waals surface area contributed by atoms with Crippen molar-refractivity contribution >= 4 is 139 Å². The molecule has 0 saturated heterocycles. The molecular weight excluding hydrogens is 1620 g/mol. The highest BCUT2D eigenvalue weighted by Crippen LogP contribution is 2.35. The van der Waals surface area contributed by atoms with Crippen LogP contribution in [0.4, 0.5) is 137 Å². The van der Waals surface area contributed by atoms with Gasteiger partial charge >= 0.3 is 0 Å². The number of amides is 4. The number of carbonyl (C=O) groups excluding carboxylic acids is 4. The fourth-order valence-corrected chi connectivity index (χ4v) is 10.8. The van der Waals surface area contributed by atoms with Crippen molar-refractivity contribution in [2.45, 2.75) is 25.9 Å². The van der Waals surface area contributed by atoms with Crippen LogP contribution in [0.5, 0.6) is 23.1 Å². The van der Waals surface area contributed by atoms with E-state index in [2.05, 4.69) is 134 Å². The van der Waals surface area contributed by atoms with Crippen LogP contribution in [-0.2, 0) is 35.1 Å². The number of benzene rings is 7. The van der Waals surface area contributed by atoms with E-state index in [4.69, 9.17) is 27.8 Å². The molecule has 0 atom stereocenters. The number of hydrogen-bond acceptors (Lipinski definition) is 28. The Morgan fingerprint density at radius 2 is 0.832 bits per heavy atom. The Labute approximate surface area is 718 Å². The van der Waals surface area contributed by atoms with E-state index < -0.39 is 41.7 Å². The molecule has 4 amide bonds. The van der Waals surface area contributed by atoms with Crippen LogP contribution in [0.15, 0.2) is 251 Å². The van der Waals surface area contributed by atoms with Gasteiger partial charge in [-0.2, -0.15) is 19.9 Å². The Morgan fingerprint density at radius 3 is 1.24 bits per heavy atom. The van der Waals surface area contributed by atoms with Gasteiger partial charge in [0.1, 0.15) is 30.3 Å². The van der Waals surface area contributed by atoms with Crippen LogP contribution in [0.25, 0.3) is 0 Å². The predicted molar refractivity (Wildman–Crippen MR) is 469 cm³/mol. The lowest BCUT2D eigenvalue weighted by molar-refractivity contribution is -0.114. The van der Waals surface area contributed by atoms with Crippen LogP contribution in [-0.4, -0.2) is 140 Å². The molecule has 125 heavy (non-hydrogen) atoms. The number of pyridine rings is 1. The summed E-state index contributed by atoms with van der Waals surface area (Å²) >= 11 is 0. The maximum atomic E-state index is 14.4. The van der Waals surface area contributed by atoms with Crippen LogP contribution in [0.2, 0.25) is 0 Å². The summed E-state index contributed by atoms with van der Waals surface area (Å²) < 4.78 is 124. The molecule has 12 aromatic rings. The lowest BCUT2D eigenvalue weighted by Crippen LogP contribution is -2.32. The third-order valence-electron chi connectivity index (χ3n) is 16.8. The molecule has 0 bridgehead atoms.